The lowest BCUT2D eigenvalue weighted by Crippen LogP contribution is -2.32. The summed E-state index contributed by atoms with van der Waals surface area (Å²) in [7, 11) is 0. The van der Waals surface area contributed by atoms with Crippen molar-refractivity contribution in [2.45, 2.75) is 38.4 Å². The van der Waals surface area contributed by atoms with E-state index in [4.69, 9.17) is 4.74 Å². The second-order valence-corrected chi connectivity index (χ2v) is 5.43. The molecule has 0 bridgehead atoms. The molecule has 1 aromatic rings. The molecule has 0 aliphatic carbocycles. The van der Waals surface area contributed by atoms with Crippen molar-refractivity contribution in [3.8, 4) is 0 Å². The summed E-state index contributed by atoms with van der Waals surface area (Å²) in [6, 6.07) is 9.49. The van der Waals surface area contributed by atoms with Crippen molar-refractivity contribution in [2.24, 2.45) is 0 Å². The zero-order valence-corrected chi connectivity index (χ0v) is 13.1. The van der Waals surface area contributed by atoms with Crippen LogP contribution >= 0.6 is 15.9 Å². The van der Waals surface area contributed by atoms with Gasteiger partial charge in [-0.15, -0.1) is 0 Å². The van der Waals surface area contributed by atoms with Crippen LogP contribution < -0.4 is 5.32 Å². The van der Waals surface area contributed by atoms with Gasteiger partial charge in [-0.1, -0.05) is 59.1 Å². The second kappa shape index (κ2) is 10.7. The van der Waals surface area contributed by atoms with Crippen molar-refractivity contribution in [3.05, 3.63) is 35.9 Å². The molecule has 1 amide bonds. The van der Waals surface area contributed by atoms with Crippen LogP contribution in [0.3, 0.4) is 0 Å². The Hall–Kier alpha value is -1.07. The molecule has 2 N–H and O–H groups in total. The van der Waals surface area contributed by atoms with E-state index in [0.29, 0.717) is 6.42 Å². The molecule has 1 rings (SSSR count). The number of nitrogens with one attached hydrogen (secondary N) is 1. The van der Waals surface area contributed by atoms with Crippen molar-refractivity contribution >= 4 is 22.0 Å². The van der Waals surface area contributed by atoms with Gasteiger partial charge in [-0.3, -0.25) is 0 Å². The van der Waals surface area contributed by atoms with Crippen LogP contribution in [0.4, 0.5) is 4.79 Å². The summed E-state index contributed by atoms with van der Waals surface area (Å²) in [5.41, 5.74) is 0.943. The van der Waals surface area contributed by atoms with Crippen LogP contribution in [0.25, 0.3) is 0 Å². The summed E-state index contributed by atoms with van der Waals surface area (Å²) in [6.07, 6.45) is 2.86. The molecular weight excluding hydrogens is 322 g/mol. The van der Waals surface area contributed by atoms with Gasteiger partial charge in [-0.05, 0) is 18.4 Å². The molecule has 0 radical (unpaired) electrons. The lowest BCUT2D eigenvalue weighted by atomic mass is 10.1. The highest BCUT2D eigenvalue weighted by molar-refractivity contribution is 9.09. The number of benzene rings is 1. The third kappa shape index (κ3) is 8.17. The smallest absolute Gasteiger partial charge is 0.407 e. The summed E-state index contributed by atoms with van der Waals surface area (Å²) in [4.78, 5) is 11.4. The molecule has 0 saturated carbocycles. The molecule has 5 heteroatoms. The van der Waals surface area contributed by atoms with Gasteiger partial charge in [0.05, 0.1) is 6.10 Å². The summed E-state index contributed by atoms with van der Waals surface area (Å²) >= 11 is 3.37. The fourth-order valence-corrected chi connectivity index (χ4v) is 2.13. The highest BCUT2D eigenvalue weighted by Gasteiger charge is 2.07. The monoisotopic (exact) mass is 343 g/mol. The number of aliphatic hydroxyl groups excluding tert-OH is 1. The summed E-state index contributed by atoms with van der Waals surface area (Å²) in [5.74, 6) is 0. The Balaban J connectivity index is 2.07. The minimum atomic E-state index is -0.505. The Kier molecular flexibility index (Phi) is 9.07. The molecule has 4 nitrogen and oxygen atoms in total. The minimum Gasteiger partial charge on any atom is -0.445 e. The molecule has 0 fully saturated rings. The van der Waals surface area contributed by atoms with Crippen LogP contribution in [0.2, 0.25) is 0 Å². The van der Waals surface area contributed by atoms with E-state index in [9.17, 15) is 9.90 Å². The Morgan fingerprint density at radius 1 is 1.25 bits per heavy atom. The molecule has 112 valence electrons. The summed E-state index contributed by atoms with van der Waals surface area (Å²) in [5, 5.41) is 13.3. The van der Waals surface area contributed by atoms with Crippen molar-refractivity contribution in [1.82, 2.24) is 5.32 Å². The van der Waals surface area contributed by atoms with Crippen molar-refractivity contribution in [2.75, 3.05) is 11.9 Å². The largest absolute Gasteiger partial charge is 0.445 e. The normalized spacial score (nSPS) is 11.9. The lowest BCUT2D eigenvalue weighted by Gasteiger charge is -2.12. The molecule has 0 unspecified atom stereocenters. The number of unbranched alkanes of at least 4 members (excludes halogenated alkanes) is 2. The molecule has 0 heterocycles. The van der Waals surface area contributed by atoms with E-state index >= 15 is 0 Å². The van der Waals surface area contributed by atoms with Gasteiger partial charge >= 0.3 is 6.09 Å². The molecule has 0 aromatic heterocycles. The zero-order valence-electron chi connectivity index (χ0n) is 11.6. The Morgan fingerprint density at radius 3 is 2.70 bits per heavy atom. The van der Waals surface area contributed by atoms with Crippen LogP contribution in [0.5, 0.6) is 0 Å². The average Bonchev–Trinajstić information content (AvgIpc) is 2.48. The predicted molar refractivity (Wildman–Crippen MR) is 82.9 cm³/mol. The van der Waals surface area contributed by atoms with Crippen LogP contribution in [0.15, 0.2) is 30.3 Å². The van der Waals surface area contributed by atoms with Crippen molar-refractivity contribution in [3.63, 3.8) is 0 Å². The molecule has 0 spiro atoms. The van der Waals surface area contributed by atoms with E-state index in [-0.39, 0.29) is 13.2 Å². The van der Waals surface area contributed by atoms with E-state index in [1.54, 1.807) is 0 Å². The van der Waals surface area contributed by atoms with E-state index in [2.05, 4.69) is 21.2 Å². The first kappa shape index (κ1) is 17.0. The molecule has 20 heavy (non-hydrogen) atoms. The van der Waals surface area contributed by atoms with Crippen LogP contribution in [-0.4, -0.2) is 29.2 Å². The van der Waals surface area contributed by atoms with Gasteiger partial charge in [0.2, 0.25) is 0 Å². The molecule has 0 aliphatic rings. The molecule has 1 atom stereocenters. The first-order chi connectivity index (χ1) is 9.72. The molecule has 0 aliphatic heterocycles. The van der Waals surface area contributed by atoms with Crippen molar-refractivity contribution < 1.29 is 14.6 Å². The van der Waals surface area contributed by atoms with E-state index in [1.165, 1.54) is 0 Å². The maximum Gasteiger partial charge on any atom is 0.407 e. The highest BCUT2D eigenvalue weighted by atomic mass is 79.9. The Bertz CT molecular complexity index is 373. The number of hydrogen-bond donors (Lipinski definition) is 2. The van der Waals surface area contributed by atoms with Gasteiger partial charge in [0, 0.05) is 11.9 Å². The number of aliphatic hydroxyl groups is 1. The molecule has 1 aromatic carbocycles. The first-order valence-electron chi connectivity index (χ1n) is 6.91. The average molecular weight is 344 g/mol. The number of rotatable bonds is 9. The number of ether oxygens (including phenoxy) is 1. The van der Waals surface area contributed by atoms with Gasteiger partial charge in [0.15, 0.2) is 0 Å². The van der Waals surface area contributed by atoms with Gasteiger partial charge < -0.3 is 15.2 Å². The fraction of sp³-hybridized carbons (Fsp3) is 0.533. The highest BCUT2D eigenvalue weighted by Crippen LogP contribution is 2.05. The molecular formula is C15H22BrNO3. The number of alkyl halides is 1. The zero-order chi connectivity index (χ0) is 14.6. The maximum atomic E-state index is 11.4. The first-order valence-corrected chi connectivity index (χ1v) is 8.03. The van der Waals surface area contributed by atoms with E-state index < -0.39 is 12.2 Å². The van der Waals surface area contributed by atoms with E-state index in [0.717, 1.165) is 30.2 Å². The van der Waals surface area contributed by atoms with Gasteiger partial charge in [0.1, 0.15) is 6.61 Å². The third-order valence-electron chi connectivity index (χ3n) is 2.87. The van der Waals surface area contributed by atoms with Crippen LogP contribution in [-0.2, 0) is 11.3 Å². The van der Waals surface area contributed by atoms with Gasteiger partial charge in [-0.25, -0.2) is 4.79 Å². The SMILES string of the molecule is O=C(NC[C@H](O)CCCCCBr)OCc1ccccc1. The van der Waals surface area contributed by atoms with Gasteiger partial charge in [0.25, 0.3) is 0 Å². The number of amides is 1. The minimum absolute atomic E-state index is 0.238. The van der Waals surface area contributed by atoms with E-state index in [1.807, 2.05) is 30.3 Å². The predicted octanol–water partition coefficient (Wildman–Crippen LogP) is 3.23. The number of hydrogen-bond acceptors (Lipinski definition) is 3. The van der Waals surface area contributed by atoms with Crippen molar-refractivity contribution in [1.29, 1.82) is 0 Å². The number of carbonyl (C=O) groups is 1. The quantitative estimate of drug-likeness (QED) is 0.534. The standard InChI is InChI=1S/C15H22BrNO3/c16-10-6-2-5-9-14(18)11-17-15(19)20-12-13-7-3-1-4-8-13/h1,3-4,7-8,14,18H,2,5-6,9-12H2,(H,17,19)/t14-/m1/s1. The summed E-state index contributed by atoms with van der Waals surface area (Å²) in [6.45, 7) is 0.482. The summed E-state index contributed by atoms with van der Waals surface area (Å²) < 4.78 is 5.05. The number of alkyl carbamates (subject to hydrolysis) is 1. The lowest BCUT2D eigenvalue weighted by molar-refractivity contribution is 0.122. The topological polar surface area (TPSA) is 58.6 Å². The number of halogens is 1. The molecule has 0 saturated heterocycles. The fourth-order valence-electron chi connectivity index (χ4n) is 1.73. The number of carbonyl (C=O) groups excluding carboxylic acids is 1. The third-order valence-corrected chi connectivity index (χ3v) is 3.43. The second-order valence-electron chi connectivity index (χ2n) is 4.63. The van der Waals surface area contributed by atoms with Crippen LogP contribution in [0.1, 0.15) is 31.2 Å². The van der Waals surface area contributed by atoms with Gasteiger partial charge in [-0.2, -0.15) is 0 Å². The Morgan fingerprint density at radius 2 is 2.00 bits per heavy atom. The van der Waals surface area contributed by atoms with Crippen LogP contribution in [0, 0.1) is 0 Å². The Labute approximate surface area is 128 Å². The maximum absolute atomic E-state index is 11.4.